The van der Waals surface area contributed by atoms with Crippen molar-refractivity contribution >= 4 is 11.6 Å². The quantitative estimate of drug-likeness (QED) is 0.684. The van der Waals surface area contributed by atoms with Crippen molar-refractivity contribution in [2.45, 2.75) is 12.6 Å². The molecular weight excluding hydrogens is 352 g/mol. The highest BCUT2D eigenvalue weighted by Crippen LogP contribution is 2.29. The van der Waals surface area contributed by atoms with Crippen LogP contribution in [0.5, 0.6) is 0 Å². The lowest BCUT2D eigenvalue weighted by molar-refractivity contribution is 0.121. The zero-order valence-corrected chi connectivity index (χ0v) is 15.4. The number of nitrogens with zero attached hydrogens (tertiary/aromatic N) is 6. The summed E-state index contributed by atoms with van der Waals surface area (Å²) in [5.41, 5.74) is 1.13. The highest BCUT2D eigenvalue weighted by molar-refractivity contribution is 6.30. The Morgan fingerprint density at radius 2 is 1.88 bits per heavy atom. The second kappa shape index (κ2) is 7.57. The molecule has 0 bridgehead atoms. The van der Waals surface area contributed by atoms with Crippen LogP contribution in [-0.2, 0) is 6.54 Å². The lowest BCUT2D eigenvalue weighted by atomic mass is 10.0. The number of likely N-dealkylation sites (N-methyl/N-ethyl adjacent to an activating group) is 1. The van der Waals surface area contributed by atoms with E-state index in [1.54, 1.807) is 6.26 Å². The second-order valence-corrected chi connectivity index (χ2v) is 7.00. The largest absolute Gasteiger partial charge is 0.467 e. The Bertz CT molecular complexity index is 824. The minimum Gasteiger partial charge on any atom is -0.467 e. The van der Waals surface area contributed by atoms with Gasteiger partial charge in [0, 0.05) is 31.2 Å². The minimum atomic E-state index is -0.0223. The smallest absolute Gasteiger partial charge is 0.173 e. The first-order chi connectivity index (χ1) is 12.7. The molecule has 0 radical (unpaired) electrons. The summed E-state index contributed by atoms with van der Waals surface area (Å²) in [5.74, 6) is 1.64. The number of furan rings is 1. The number of hydrogen-bond acceptors (Lipinski definition) is 6. The van der Waals surface area contributed by atoms with Gasteiger partial charge in [-0.2, -0.15) is 0 Å². The topological polar surface area (TPSA) is 63.2 Å². The van der Waals surface area contributed by atoms with Crippen LogP contribution < -0.4 is 0 Å². The number of benzene rings is 1. The zero-order valence-electron chi connectivity index (χ0n) is 14.6. The number of tetrazole rings is 1. The number of hydrogen-bond donors (Lipinski definition) is 0. The van der Waals surface area contributed by atoms with E-state index >= 15 is 0 Å². The van der Waals surface area contributed by atoms with Crippen molar-refractivity contribution in [3.63, 3.8) is 0 Å². The third-order valence-corrected chi connectivity index (χ3v) is 5.03. The number of halogens is 1. The highest BCUT2D eigenvalue weighted by Gasteiger charge is 2.30. The SMILES string of the molecule is CN1CCN([C@H](c2ccc(Cl)cc2)c2nnnn2Cc2ccco2)CC1. The van der Waals surface area contributed by atoms with Gasteiger partial charge in [-0.25, -0.2) is 4.68 Å². The fourth-order valence-corrected chi connectivity index (χ4v) is 3.44. The van der Waals surface area contributed by atoms with Gasteiger partial charge < -0.3 is 9.32 Å². The summed E-state index contributed by atoms with van der Waals surface area (Å²) in [6, 6.07) is 11.7. The molecule has 1 aromatic carbocycles. The molecule has 0 spiro atoms. The predicted molar refractivity (Wildman–Crippen MR) is 98.0 cm³/mol. The molecule has 3 heterocycles. The molecule has 26 heavy (non-hydrogen) atoms. The van der Waals surface area contributed by atoms with Crippen LogP contribution in [0.25, 0.3) is 0 Å². The average molecular weight is 373 g/mol. The molecule has 136 valence electrons. The van der Waals surface area contributed by atoms with E-state index in [-0.39, 0.29) is 6.04 Å². The fraction of sp³-hybridized carbons (Fsp3) is 0.389. The molecule has 1 saturated heterocycles. The van der Waals surface area contributed by atoms with Crippen molar-refractivity contribution in [3.05, 3.63) is 64.8 Å². The van der Waals surface area contributed by atoms with Gasteiger partial charge in [0.25, 0.3) is 0 Å². The molecular formula is C18H21ClN6O. The van der Waals surface area contributed by atoms with Crippen LogP contribution in [0, 0.1) is 0 Å². The van der Waals surface area contributed by atoms with Gasteiger partial charge in [-0.1, -0.05) is 23.7 Å². The van der Waals surface area contributed by atoms with Crippen molar-refractivity contribution in [1.29, 1.82) is 0 Å². The van der Waals surface area contributed by atoms with Crippen molar-refractivity contribution in [2.24, 2.45) is 0 Å². The number of aromatic nitrogens is 4. The molecule has 1 fully saturated rings. The Balaban J connectivity index is 1.69. The van der Waals surface area contributed by atoms with Gasteiger partial charge in [0.15, 0.2) is 5.82 Å². The first-order valence-electron chi connectivity index (χ1n) is 8.67. The maximum absolute atomic E-state index is 6.09. The fourth-order valence-electron chi connectivity index (χ4n) is 3.32. The standard InChI is InChI=1S/C18H21ClN6O/c1-23-8-10-24(11-9-23)17(14-4-6-15(19)7-5-14)18-20-21-22-25(18)13-16-3-2-12-26-16/h2-7,12,17H,8-11,13H2,1H3/t17-/m1/s1. The van der Waals surface area contributed by atoms with Crippen LogP contribution in [0.15, 0.2) is 47.1 Å². The molecule has 1 atom stereocenters. The van der Waals surface area contributed by atoms with Gasteiger partial charge >= 0.3 is 0 Å². The Labute approximate surface area is 157 Å². The summed E-state index contributed by atoms with van der Waals surface area (Å²) in [4.78, 5) is 4.76. The van der Waals surface area contributed by atoms with Gasteiger partial charge in [0.05, 0.1) is 12.3 Å². The van der Waals surface area contributed by atoms with Crippen molar-refractivity contribution in [3.8, 4) is 0 Å². The van der Waals surface area contributed by atoms with E-state index < -0.39 is 0 Å². The number of rotatable bonds is 5. The van der Waals surface area contributed by atoms with E-state index in [1.807, 2.05) is 28.9 Å². The minimum absolute atomic E-state index is 0.0223. The Kier molecular flexibility index (Phi) is 5.01. The third-order valence-electron chi connectivity index (χ3n) is 4.78. The summed E-state index contributed by atoms with van der Waals surface area (Å²) in [6.45, 7) is 4.45. The normalized spacial score (nSPS) is 17.5. The van der Waals surface area contributed by atoms with E-state index in [4.69, 9.17) is 16.0 Å². The molecule has 0 amide bonds. The first-order valence-corrected chi connectivity index (χ1v) is 9.05. The molecule has 8 heteroatoms. The molecule has 0 saturated carbocycles. The van der Waals surface area contributed by atoms with E-state index in [9.17, 15) is 0 Å². The Hall–Kier alpha value is -2.22. The summed E-state index contributed by atoms with van der Waals surface area (Å²) >= 11 is 6.09. The van der Waals surface area contributed by atoms with Crippen LogP contribution in [0.4, 0.5) is 0 Å². The van der Waals surface area contributed by atoms with Crippen LogP contribution >= 0.6 is 11.6 Å². The monoisotopic (exact) mass is 372 g/mol. The Morgan fingerprint density at radius 1 is 1.12 bits per heavy atom. The second-order valence-electron chi connectivity index (χ2n) is 6.57. The zero-order chi connectivity index (χ0) is 17.9. The summed E-state index contributed by atoms with van der Waals surface area (Å²) in [7, 11) is 2.15. The molecule has 1 aliphatic rings. The molecule has 2 aromatic heterocycles. The Morgan fingerprint density at radius 3 is 2.58 bits per heavy atom. The van der Waals surface area contributed by atoms with Crippen LogP contribution in [0.1, 0.15) is 23.2 Å². The molecule has 4 rings (SSSR count). The van der Waals surface area contributed by atoms with Crippen molar-refractivity contribution in [2.75, 3.05) is 33.2 Å². The molecule has 0 N–H and O–H groups in total. The lowest BCUT2D eigenvalue weighted by Crippen LogP contribution is -2.46. The van der Waals surface area contributed by atoms with E-state index in [0.717, 1.165) is 48.3 Å². The van der Waals surface area contributed by atoms with Gasteiger partial charge in [0.2, 0.25) is 0 Å². The lowest BCUT2D eigenvalue weighted by Gasteiger charge is -2.37. The number of piperazine rings is 1. The van der Waals surface area contributed by atoms with Crippen molar-refractivity contribution in [1.82, 2.24) is 30.0 Å². The molecule has 0 aliphatic carbocycles. The van der Waals surface area contributed by atoms with Gasteiger partial charge in [-0.15, -0.1) is 5.10 Å². The highest BCUT2D eigenvalue weighted by atomic mass is 35.5. The van der Waals surface area contributed by atoms with E-state index in [2.05, 4.69) is 44.5 Å². The van der Waals surface area contributed by atoms with Gasteiger partial charge in [0.1, 0.15) is 12.3 Å². The van der Waals surface area contributed by atoms with Crippen LogP contribution in [0.2, 0.25) is 5.02 Å². The predicted octanol–water partition coefficient (Wildman–Crippen LogP) is 2.30. The van der Waals surface area contributed by atoms with E-state index in [0.29, 0.717) is 6.54 Å². The summed E-state index contributed by atoms with van der Waals surface area (Å²) < 4.78 is 7.28. The third kappa shape index (κ3) is 3.65. The van der Waals surface area contributed by atoms with Gasteiger partial charge in [-0.3, -0.25) is 4.90 Å². The molecule has 1 aliphatic heterocycles. The first kappa shape index (κ1) is 17.2. The average Bonchev–Trinajstić information content (AvgIpc) is 3.32. The molecule has 7 nitrogen and oxygen atoms in total. The molecule has 0 unspecified atom stereocenters. The van der Waals surface area contributed by atoms with Crippen LogP contribution in [-0.4, -0.2) is 63.2 Å². The van der Waals surface area contributed by atoms with Crippen molar-refractivity contribution < 1.29 is 4.42 Å². The molecule has 3 aromatic rings. The summed E-state index contributed by atoms with van der Waals surface area (Å²) in [5, 5.41) is 13.2. The van der Waals surface area contributed by atoms with Gasteiger partial charge in [-0.05, 0) is 47.3 Å². The maximum Gasteiger partial charge on any atom is 0.173 e. The van der Waals surface area contributed by atoms with Crippen LogP contribution in [0.3, 0.4) is 0 Å². The maximum atomic E-state index is 6.09. The van der Waals surface area contributed by atoms with E-state index in [1.165, 1.54) is 0 Å². The summed E-state index contributed by atoms with van der Waals surface area (Å²) in [6.07, 6.45) is 1.66.